The summed E-state index contributed by atoms with van der Waals surface area (Å²) < 4.78 is 28.9. The fraction of sp³-hybridized carbons (Fsp3) is 0.250. The van der Waals surface area contributed by atoms with Crippen LogP contribution in [0.2, 0.25) is 0 Å². The number of nitrogens with one attached hydrogen (secondary N) is 2. The summed E-state index contributed by atoms with van der Waals surface area (Å²) in [6.07, 6.45) is 1.22. The van der Waals surface area contributed by atoms with Crippen LogP contribution in [0.3, 0.4) is 0 Å². The van der Waals surface area contributed by atoms with Gasteiger partial charge in [0.25, 0.3) is 10.0 Å². The number of aryl methyl sites for hydroxylation is 4. The second-order valence-electron chi connectivity index (χ2n) is 9.23. The van der Waals surface area contributed by atoms with Crippen LogP contribution in [-0.4, -0.2) is 36.5 Å². The number of urea groups is 1. The topological polar surface area (TPSA) is 136 Å². The number of rotatable bonds is 8. The SMILES string of the molecule is CCc1nc2c(C)c(C(N)=O)c(C)cc2n1-c1ccc(CCNC(=O)NS(=O)(=O)c2ccc(C)cc2)cc1. The normalized spacial score (nSPS) is 11.5. The highest BCUT2D eigenvalue weighted by molar-refractivity contribution is 7.90. The van der Waals surface area contributed by atoms with Crippen molar-refractivity contribution in [1.82, 2.24) is 19.6 Å². The second kappa shape index (κ2) is 10.7. The smallest absolute Gasteiger partial charge is 0.328 e. The van der Waals surface area contributed by atoms with E-state index >= 15 is 0 Å². The van der Waals surface area contributed by atoms with Gasteiger partial charge in [-0.1, -0.05) is 36.8 Å². The van der Waals surface area contributed by atoms with Crippen LogP contribution < -0.4 is 15.8 Å². The van der Waals surface area contributed by atoms with E-state index in [1.165, 1.54) is 12.1 Å². The van der Waals surface area contributed by atoms with Crippen LogP contribution >= 0.6 is 0 Å². The molecule has 0 aliphatic rings. The van der Waals surface area contributed by atoms with Crippen LogP contribution in [0, 0.1) is 20.8 Å². The molecule has 0 spiro atoms. The molecule has 38 heavy (non-hydrogen) atoms. The van der Waals surface area contributed by atoms with Crippen LogP contribution in [0.1, 0.15) is 45.4 Å². The molecule has 0 fully saturated rings. The highest BCUT2D eigenvalue weighted by atomic mass is 32.2. The van der Waals surface area contributed by atoms with Crippen molar-refractivity contribution in [2.45, 2.75) is 45.4 Å². The van der Waals surface area contributed by atoms with Crippen molar-refractivity contribution in [2.24, 2.45) is 5.73 Å². The number of imidazole rings is 1. The number of sulfonamides is 1. The minimum atomic E-state index is -3.94. The molecule has 1 heterocycles. The molecule has 4 rings (SSSR count). The Morgan fingerprint density at radius 2 is 1.66 bits per heavy atom. The van der Waals surface area contributed by atoms with Crippen molar-refractivity contribution in [3.05, 3.63) is 88.2 Å². The van der Waals surface area contributed by atoms with Crippen LogP contribution in [0.25, 0.3) is 16.7 Å². The van der Waals surface area contributed by atoms with Crippen molar-refractivity contribution >= 4 is 33.0 Å². The zero-order valence-corrected chi connectivity index (χ0v) is 22.6. The lowest BCUT2D eigenvalue weighted by molar-refractivity contribution is 0.0999. The Morgan fingerprint density at radius 3 is 2.26 bits per heavy atom. The monoisotopic (exact) mass is 533 g/mol. The van der Waals surface area contributed by atoms with E-state index < -0.39 is 22.0 Å². The molecule has 0 saturated carbocycles. The summed E-state index contributed by atoms with van der Waals surface area (Å²) in [7, 11) is -3.94. The molecule has 0 radical (unpaired) electrons. The van der Waals surface area contributed by atoms with Gasteiger partial charge in [-0.05, 0) is 74.2 Å². The lowest BCUT2D eigenvalue weighted by atomic mass is 10.0. The van der Waals surface area contributed by atoms with Gasteiger partial charge in [-0.2, -0.15) is 0 Å². The number of hydrogen-bond donors (Lipinski definition) is 3. The summed E-state index contributed by atoms with van der Waals surface area (Å²) in [5.41, 5.74) is 12.2. The molecular weight excluding hydrogens is 502 g/mol. The molecule has 9 nitrogen and oxygen atoms in total. The highest BCUT2D eigenvalue weighted by Gasteiger charge is 2.20. The van der Waals surface area contributed by atoms with Crippen molar-refractivity contribution in [1.29, 1.82) is 0 Å². The Morgan fingerprint density at radius 1 is 1.00 bits per heavy atom. The Bertz CT molecular complexity index is 1620. The number of fused-ring (bicyclic) bond motifs is 1. The molecular formula is C28H31N5O4S. The van der Waals surface area contributed by atoms with Gasteiger partial charge in [-0.25, -0.2) is 22.9 Å². The minimum absolute atomic E-state index is 0.0311. The summed E-state index contributed by atoms with van der Waals surface area (Å²) >= 11 is 0. The number of carbonyl (C=O) groups excluding carboxylic acids is 2. The number of carbonyl (C=O) groups is 2. The van der Waals surface area contributed by atoms with Crippen LogP contribution in [0.5, 0.6) is 0 Å². The van der Waals surface area contributed by atoms with E-state index in [4.69, 9.17) is 10.7 Å². The lowest BCUT2D eigenvalue weighted by Gasteiger charge is -2.12. The highest BCUT2D eigenvalue weighted by Crippen LogP contribution is 2.29. The zero-order chi connectivity index (χ0) is 27.6. The number of benzene rings is 3. The van der Waals surface area contributed by atoms with Crippen LogP contribution in [0.15, 0.2) is 59.5 Å². The van der Waals surface area contributed by atoms with E-state index in [9.17, 15) is 18.0 Å². The number of aromatic nitrogens is 2. The third-order valence-electron chi connectivity index (χ3n) is 6.48. The average Bonchev–Trinajstić information content (AvgIpc) is 3.23. The maximum atomic E-state index is 12.4. The first kappa shape index (κ1) is 26.9. The van der Waals surface area contributed by atoms with E-state index in [2.05, 4.69) is 9.88 Å². The molecule has 0 saturated heterocycles. The van der Waals surface area contributed by atoms with Crippen molar-refractivity contribution in [2.75, 3.05) is 6.54 Å². The number of nitrogens with zero attached hydrogens (tertiary/aromatic N) is 2. The first-order chi connectivity index (χ1) is 18.0. The van der Waals surface area contributed by atoms with E-state index in [0.717, 1.165) is 44.8 Å². The van der Waals surface area contributed by atoms with Crippen molar-refractivity contribution in [3.63, 3.8) is 0 Å². The quantitative estimate of drug-likeness (QED) is 0.316. The molecule has 198 valence electrons. The predicted octanol–water partition coefficient (Wildman–Crippen LogP) is 3.84. The third kappa shape index (κ3) is 5.40. The lowest BCUT2D eigenvalue weighted by Crippen LogP contribution is -2.40. The van der Waals surface area contributed by atoms with Gasteiger partial charge < -0.3 is 11.1 Å². The summed E-state index contributed by atoms with van der Waals surface area (Å²) in [5.74, 6) is 0.402. The van der Waals surface area contributed by atoms with Crippen molar-refractivity contribution < 1.29 is 18.0 Å². The second-order valence-corrected chi connectivity index (χ2v) is 10.9. The number of nitrogens with two attached hydrogens (primary N) is 1. The molecule has 0 unspecified atom stereocenters. The minimum Gasteiger partial charge on any atom is -0.366 e. The number of hydrogen-bond acceptors (Lipinski definition) is 5. The van der Waals surface area contributed by atoms with Gasteiger partial charge in [0.1, 0.15) is 5.82 Å². The van der Waals surface area contributed by atoms with Gasteiger partial charge in [0.05, 0.1) is 15.9 Å². The molecule has 0 aliphatic heterocycles. The largest absolute Gasteiger partial charge is 0.366 e. The Kier molecular flexibility index (Phi) is 7.54. The fourth-order valence-electron chi connectivity index (χ4n) is 4.55. The summed E-state index contributed by atoms with van der Waals surface area (Å²) in [6, 6.07) is 15.3. The molecule has 0 bridgehead atoms. The maximum Gasteiger partial charge on any atom is 0.328 e. The molecule has 4 aromatic rings. The molecule has 3 amide bonds. The van der Waals surface area contributed by atoms with Gasteiger partial charge in [0.2, 0.25) is 5.91 Å². The zero-order valence-electron chi connectivity index (χ0n) is 21.8. The molecule has 0 atom stereocenters. The molecule has 0 aliphatic carbocycles. The van der Waals surface area contributed by atoms with E-state index in [-0.39, 0.29) is 11.4 Å². The molecule has 4 N–H and O–H groups in total. The average molecular weight is 534 g/mol. The Hall–Kier alpha value is -4.18. The van der Waals surface area contributed by atoms with Gasteiger partial charge in [-0.15, -0.1) is 0 Å². The van der Waals surface area contributed by atoms with Gasteiger partial charge in [0, 0.05) is 24.2 Å². The van der Waals surface area contributed by atoms with Crippen LogP contribution in [-0.2, 0) is 22.9 Å². The third-order valence-corrected chi connectivity index (χ3v) is 7.82. The molecule has 3 aromatic carbocycles. The van der Waals surface area contributed by atoms with E-state index in [1.54, 1.807) is 12.1 Å². The van der Waals surface area contributed by atoms with Gasteiger partial charge in [0.15, 0.2) is 0 Å². The maximum absolute atomic E-state index is 12.4. The standard InChI is InChI=1S/C28H31N5O4S/c1-5-24-31-26-19(4)25(27(29)34)18(3)16-23(26)33(24)21-10-8-20(9-11-21)14-15-30-28(35)32-38(36,37)22-12-6-17(2)7-13-22/h6-13,16H,5,14-15H2,1-4H3,(H2,29,34)(H2,30,32,35). The van der Waals surface area contributed by atoms with E-state index in [1.807, 2.05) is 62.7 Å². The summed E-state index contributed by atoms with van der Waals surface area (Å²) in [4.78, 5) is 29.0. The van der Waals surface area contributed by atoms with Gasteiger partial charge >= 0.3 is 6.03 Å². The first-order valence-corrected chi connectivity index (χ1v) is 13.8. The summed E-state index contributed by atoms with van der Waals surface area (Å²) in [6.45, 7) is 7.88. The van der Waals surface area contributed by atoms with Crippen molar-refractivity contribution in [3.8, 4) is 5.69 Å². The van der Waals surface area contributed by atoms with E-state index in [0.29, 0.717) is 18.4 Å². The Balaban J connectivity index is 1.46. The Labute approximate surface area is 222 Å². The predicted molar refractivity (Wildman–Crippen MR) is 147 cm³/mol. The van der Waals surface area contributed by atoms with Crippen LogP contribution in [0.4, 0.5) is 4.79 Å². The number of primary amides is 1. The first-order valence-electron chi connectivity index (χ1n) is 12.3. The molecule has 1 aromatic heterocycles. The molecule has 10 heteroatoms. The fourth-order valence-corrected chi connectivity index (χ4v) is 5.48. The number of amides is 3. The summed E-state index contributed by atoms with van der Waals surface area (Å²) in [5, 5.41) is 2.60. The van der Waals surface area contributed by atoms with Gasteiger partial charge in [-0.3, -0.25) is 9.36 Å².